The lowest BCUT2D eigenvalue weighted by Gasteiger charge is -2.17. The molecular weight excluding hydrogens is 256 g/mol. The Morgan fingerprint density at radius 2 is 1.95 bits per heavy atom. The van der Waals surface area contributed by atoms with Gasteiger partial charge in [-0.25, -0.2) is 0 Å². The zero-order valence-electron chi connectivity index (χ0n) is 11.1. The monoisotopic (exact) mass is 274 g/mol. The number of aryl methyl sites for hydroxylation is 1. The number of benzene rings is 1. The average molecular weight is 274 g/mol. The summed E-state index contributed by atoms with van der Waals surface area (Å²) in [5, 5.41) is 4.94. The molecule has 1 aromatic heterocycles. The molecule has 2 aromatic rings. The average Bonchev–Trinajstić information content (AvgIpc) is 2.92. The van der Waals surface area contributed by atoms with Crippen molar-refractivity contribution >= 4 is 17.2 Å². The maximum atomic E-state index is 12.1. The summed E-state index contributed by atoms with van der Waals surface area (Å²) in [6.45, 7) is 3.97. The van der Waals surface area contributed by atoms with Gasteiger partial charge in [-0.05, 0) is 30.9 Å². The third-order valence-corrected chi connectivity index (χ3v) is 4.10. The molecule has 0 bridgehead atoms. The predicted molar refractivity (Wildman–Crippen MR) is 79.0 cm³/mol. The van der Waals surface area contributed by atoms with Crippen molar-refractivity contribution in [2.24, 2.45) is 5.73 Å². The summed E-state index contributed by atoms with van der Waals surface area (Å²) in [4.78, 5) is 13.2. The van der Waals surface area contributed by atoms with Gasteiger partial charge in [0.05, 0.1) is 6.04 Å². The standard InChI is InChI=1S/C15H18N2OS/c1-10-5-7-12(8-6-10)14(16)15(18)17-11(2)13-4-3-9-19-13/h3-9,11,14H,16H2,1-2H3,(H,17,18). The smallest absolute Gasteiger partial charge is 0.242 e. The first-order valence-electron chi connectivity index (χ1n) is 6.24. The number of nitrogens with one attached hydrogen (secondary N) is 1. The third kappa shape index (κ3) is 3.43. The lowest BCUT2D eigenvalue weighted by atomic mass is 10.0. The van der Waals surface area contributed by atoms with Gasteiger partial charge in [0.1, 0.15) is 6.04 Å². The Bertz CT molecular complexity index is 534. The molecule has 0 aliphatic heterocycles. The molecule has 0 fully saturated rings. The molecule has 0 spiro atoms. The molecular formula is C15H18N2OS. The molecule has 3 nitrogen and oxygen atoms in total. The molecule has 4 heteroatoms. The van der Waals surface area contributed by atoms with E-state index in [0.29, 0.717) is 0 Å². The molecule has 1 aromatic carbocycles. The number of hydrogen-bond donors (Lipinski definition) is 2. The molecule has 0 aliphatic carbocycles. The molecule has 2 atom stereocenters. The highest BCUT2D eigenvalue weighted by Crippen LogP contribution is 2.19. The molecule has 3 N–H and O–H groups in total. The van der Waals surface area contributed by atoms with E-state index in [9.17, 15) is 4.79 Å². The van der Waals surface area contributed by atoms with E-state index in [4.69, 9.17) is 5.73 Å². The summed E-state index contributed by atoms with van der Waals surface area (Å²) in [5.74, 6) is -0.148. The maximum Gasteiger partial charge on any atom is 0.242 e. The van der Waals surface area contributed by atoms with Crippen molar-refractivity contribution in [3.8, 4) is 0 Å². The maximum absolute atomic E-state index is 12.1. The van der Waals surface area contributed by atoms with E-state index in [2.05, 4.69) is 5.32 Å². The summed E-state index contributed by atoms with van der Waals surface area (Å²) in [6, 6.07) is 11.1. The topological polar surface area (TPSA) is 55.1 Å². The molecule has 2 rings (SSSR count). The minimum absolute atomic E-state index is 0.0102. The summed E-state index contributed by atoms with van der Waals surface area (Å²) in [7, 11) is 0. The van der Waals surface area contributed by atoms with Gasteiger partial charge >= 0.3 is 0 Å². The van der Waals surface area contributed by atoms with E-state index < -0.39 is 6.04 Å². The van der Waals surface area contributed by atoms with Crippen LogP contribution in [0.1, 0.15) is 35.0 Å². The molecule has 19 heavy (non-hydrogen) atoms. The van der Waals surface area contributed by atoms with E-state index in [1.165, 1.54) is 0 Å². The van der Waals surface area contributed by atoms with Crippen molar-refractivity contribution in [3.05, 3.63) is 57.8 Å². The second-order valence-corrected chi connectivity index (χ2v) is 5.61. The molecule has 1 heterocycles. The predicted octanol–water partition coefficient (Wildman–Crippen LogP) is 2.93. The normalized spacial score (nSPS) is 13.8. The van der Waals surface area contributed by atoms with E-state index in [1.54, 1.807) is 11.3 Å². The summed E-state index contributed by atoms with van der Waals surface area (Å²) in [5.41, 5.74) is 7.97. The van der Waals surface area contributed by atoms with Gasteiger partial charge in [0, 0.05) is 4.88 Å². The van der Waals surface area contributed by atoms with Gasteiger partial charge in [-0.1, -0.05) is 35.9 Å². The van der Waals surface area contributed by atoms with Gasteiger partial charge in [0.25, 0.3) is 0 Å². The summed E-state index contributed by atoms with van der Waals surface area (Å²) in [6.07, 6.45) is 0. The second kappa shape index (κ2) is 5.99. The van der Waals surface area contributed by atoms with Gasteiger partial charge in [-0.2, -0.15) is 0 Å². The van der Waals surface area contributed by atoms with Gasteiger partial charge in [-0.15, -0.1) is 11.3 Å². The Hall–Kier alpha value is -1.65. The van der Waals surface area contributed by atoms with Crippen LogP contribution in [0.4, 0.5) is 0 Å². The number of carbonyl (C=O) groups excluding carboxylic acids is 1. The Balaban J connectivity index is 2.01. The fourth-order valence-electron chi connectivity index (χ4n) is 1.84. The number of carbonyl (C=O) groups is 1. The van der Waals surface area contributed by atoms with Crippen LogP contribution < -0.4 is 11.1 Å². The highest BCUT2D eigenvalue weighted by molar-refractivity contribution is 7.10. The van der Waals surface area contributed by atoms with Crippen LogP contribution in [0.3, 0.4) is 0 Å². The number of hydrogen-bond acceptors (Lipinski definition) is 3. The molecule has 0 saturated heterocycles. The van der Waals surface area contributed by atoms with Crippen molar-refractivity contribution < 1.29 is 4.79 Å². The fourth-order valence-corrected chi connectivity index (χ4v) is 2.57. The molecule has 0 aliphatic rings. The van der Waals surface area contributed by atoms with Crippen LogP contribution in [0.15, 0.2) is 41.8 Å². The highest BCUT2D eigenvalue weighted by atomic mass is 32.1. The fraction of sp³-hybridized carbons (Fsp3) is 0.267. The van der Waals surface area contributed by atoms with E-state index in [1.807, 2.05) is 55.6 Å². The number of rotatable bonds is 4. The van der Waals surface area contributed by atoms with Gasteiger partial charge in [0.2, 0.25) is 5.91 Å². The third-order valence-electron chi connectivity index (χ3n) is 3.05. The van der Waals surface area contributed by atoms with E-state index >= 15 is 0 Å². The highest BCUT2D eigenvalue weighted by Gasteiger charge is 2.18. The first-order valence-corrected chi connectivity index (χ1v) is 7.12. The lowest BCUT2D eigenvalue weighted by molar-refractivity contribution is -0.123. The van der Waals surface area contributed by atoms with Crippen molar-refractivity contribution in [2.45, 2.75) is 25.9 Å². The van der Waals surface area contributed by atoms with Crippen LogP contribution in [0, 0.1) is 6.92 Å². The van der Waals surface area contributed by atoms with Crippen LogP contribution in [-0.2, 0) is 4.79 Å². The molecule has 100 valence electrons. The van der Waals surface area contributed by atoms with Gasteiger partial charge in [0.15, 0.2) is 0 Å². The minimum atomic E-state index is -0.622. The number of thiophene rings is 1. The zero-order valence-corrected chi connectivity index (χ0v) is 11.9. The van der Waals surface area contributed by atoms with Gasteiger partial charge < -0.3 is 11.1 Å². The van der Waals surface area contributed by atoms with Crippen molar-refractivity contribution in [1.29, 1.82) is 0 Å². The Morgan fingerprint density at radius 3 is 2.53 bits per heavy atom. The Labute approximate surface area is 117 Å². The van der Waals surface area contributed by atoms with Gasteiger partial charge in [-0.3, -0.25) is 4.79 Å². The summed E-state index contributed by atoms with van der Waals surface area (Å²) < 4.78 is 0. The van der Waals surface area contributed by atoms with Crippen molar-refractivity contribution in [2.75, 3.05) is 0 Å². The Kier molecular flexibility index (Phi) is 4.35. The first kappa shape index (κ1) is 13.8. The Morgan fingerprint density at radius 1 is 1.26 bits per heavy atom. The molecule has 0 radical (unpaired) electrons. The van der Waals surface area contributed by atoms with Crippen molar-refractivity contribution in [1.82, 2.24) is 5.32 Å². The lowest BCUT2D eigenvalue weighted by Crippen LogP contribution is -2.35. The molecule has 0 saturated carbocycles. The van der Waals surface area contributed by atoms with Crippen LogP contribution in [0.25, 0.3) is 0 Å². The molecule has 2 unspecified atom stereocenters. The van der Waals surface area contributed by atoms with Crippen LogP contribution in [0.5, 0.6) is 0 Å². The summed E-state index contributed by atoms with van der Waals surface area (Å²) >= 11 is 1.63. The van der Waals surface area contributed by atoms with Crippen LogP contribution >= 0.6 is 11.3 Å². The number of amides is 1. The van der Waals surface area contributed by atoms with Crippen LogP contribution in [-0.4, -0.2) is 5.91 Å². The zero-order chi connectivity index (χ0) is 13.8. The minimum Gasteiger partial charge on any atom is -0.347 e. The van der Waals surface area contributed by atoms with E-state index in [-0.39, 0.29) is 11.9 Å². The SMILES string of the molecule is Cc1ccc(C(N)C(=O)NC(C)c2cccs2)cc1. The van der Waals surface area contributed by atoms with Crippen LogP contribution in [0.2, 0.25) is 0 Å². The largest absolute Gasteiger partial charge is 0.347 e. The number of nitrogens with two attached hydrogens (primary N) is 1. The van der Waals surface area contributed by atoms with Crippen molar-refractivity contribution in [3.63, 3.8) is 0 Å². The molecule has 1 amide bonds. The van der Waals surface area contributed by atoms with E-state index in [0.717, 1.165) is 16.0 Å². The quantitative estimate of drug-likeness (QED) is 0.900. The first-order chi connectivity index (χ1) is 9.08. The second-order valence-electron chi connectivity index (χ2n) is 4.63.